The maximum absolute atomic E-state index is 11.3. The van der Waals surface area contributed by atoms with Crippen molar-refractivity contribution in [3.63, 3.8) is 0 Å². The van der Waals surface area contributed by atoms with E-state index in [1.807, 2.05) is 12.1 Å². The smallest absolute Gasteiger partial charge is 0.339 e. The second-order valence-electron chi connectivity index (χ2n) is 4.54. The SMILES string of the molecule is COC(=O)c1ccc(C(C)(C)C)cc1N. The Morgan fingerprint density at radius 2 is 1.93 bits per heavy atom. The normalized spacial score (nSPS) is 11.2. The van der Waals surface area contributed by atoms with Gasteiger partial charge in [0.15, 0.2) is 0 Å². The monoisotopic (exact) mass is 207 g/mol. The Balaban J connectivity index is 3.15. The van der Waals surface area contributed by atoms with Crippen LogP contribution in [-0.4, -0.2) is 13.1 Å². The number of rotatable bonds is 1. The molecule has 0 saturated carbocycles. The van der Waals surface area contributed by atoms with Gasteiger partial charge in [-0.1, -0.05) is 26.8 Å². The molecule has 0 aliphatic carbocycles. The summed E-state index contributed by atoms with van der Waals surface area (Å²) in [5.41, 5.74) is 7.82. The van der Waals surface area contributed by atoms with Gasteiger partial charge in [0.1, 0.15) is 0 Å². The number of nitrogen functional groups attached to an aromatic ring is 1. The highest BCUT2D eigenvalue weighted by molar-refractivity contribution is 5.95. The highest BCUT2D eigenvalue weighted by Gasteiger charge is 2.17. The molecule has 0 heterocycles. The van der Waals surface area contributed by atoms with E-state index in [0.29, 0.717) is 11.3 Å². The molecule has 0 aliphatic heterocycles. The first kappa shape index (κ1) is 11.6. The zero-order chi connectivity index (χ0) is 11.6. The van der Waals surface area contributed by atoms with Gasteiger partial charge in [0.05, 0.1) is 12.7 Å². The van der Waals surface area contributed by atoms with Gasteiger partial charge >= 0.3 is 5.97 Å². The standard InChI is InChI=1S/C12H17NO2/c1-12(2,3)8-5-6-9(10(13)7-8)11(14)15-4/h5-7H,13H2,1-4H3. The highest BCUT2D eigenvalue weighted by atomic mass is 16.5. The molecule has 1 aromatic carbocycles. The maximum Gasteiger partial charge on any atom is 0.339 e. The Bertz CT molecular complexity index is 378. The second kappa shape index (κ2) is 3.93. The van der Waals surface area contributed by atoms with Gasteiger partial charge in [0, 0.05) is 5.69 Å². The number of esters is 1. The molecule has 0 atom stereocenters. The van der Waals surface area contributed by atoms with E-state index in [0.717, 1.165) is 5.56 Å². The Kier molecular flexibility index (Phi) is 3.03. The van der Waals surface area contributed by atoms with Crippen LogP contribution in [-0.2, 0) is 10.2 Å². The summed E-state index contributed by atoms with van der Waals surface area (Å²) < 4.78 is 4.62. The summed E-state index contributed by atoms with van der Waals surface area (Å²) in [6, 6.07) is 5.44. The molecule has 82 valence electrons. The van der Waals surface area contributed by atoms with E-state index in [9.17, 15) is 4.79 Å². The predicted molar refractivity (Wildman–Crippen MR) is 60.9 cm³/mol. The van der Waals surface area contributed by atoms with Crippen molar-refractivity contribution in [3.8, 4) is 0 Å². The fourth-order valence-corrected chi connectivity index (χ4v) is 1.33. The molecule has 0 aliphatic rings. The van der Waals surface area contributed by atoms with Crippen LogP contribution in [0, 0.1) is 0 Å². The third-order valence-electron chi connectivity index (χ3n) is 2.32. The van der Waals surface area contributed by atoms with E-state index < -0.39 is 5.97 Å². The fourth-order valence-electron chi connectivity index (χ4n) is 1.33. The van der Waals surface area contributed by atoms with E-state index in [1.54, 1.807) is 6.07 Å². The maximum atomic E-state index is 11.3. The van der Waals surface area contributed by atoms with Crippen molar-refractivity contribution in [2.24, 2.45) is 0 Å². The summed E-state index contributed by atoms with van der Waals surface area (Å²) in [4.78, 5) is 11.3. The number of hydrogen-bond donors (Lipinski definition) is 1. The Morgan fingerprint density at radius 3 is 2.33 bits per heavy atom. The van der Waals surface area contributed by atoms with Crippen LogP contribution < -0.4 is 5.73 Å². The van der Waals surface area contributed by atoms with E-state index in [1.165, 1.54) is 7.11 Å². The second-order valence-corrected chi connectivity index (χ2v) is 4.54. The van der Waals surface area contributed by atoms with E-state index in [-0.39, 0.29) is 5.41 Å². The molecule has 0 radical (unpaired) electrons. The lowest BCUT2D eigenvalue weighted by molar-refractivity contribution is 0.0602. The molecule has 1 rings (SSSR count). The third-order valence-corrected chi connectivity index (χ3v) is 2.32. The molecule has 2 N–H and O–H groups in total. The van der Waals surface area contributed by atoms with Gasteiger partial charge in [-0.15, -0.1) is 0 Å². The minimum atomic E-state index is -0.395. The summed E-state index contributed by atoms with van der Waals surface area (Å²) >= 11 is 0. The number of carbonyl (C=O) groups excluding carboxylic acids is 1. The van der Waals surface area contributed by atoms with Gasteiger partial charge in [-0.3, -0.25) is 0 Å². The molecule has 0 saturated heterocycles. The molecule has 0 bridgehead atoms. The summed E-state index contributed by atoms with van der Waals surface area (Å²) in [6.45, 7) is 6.29. The molecule has 0 unspecified atom stereocenters. The molecule has 0 fully saturated rings. The van der Waals surface area contributed by atoms with Crippen LogP contribution in [0.5, 0.6) is 0 Å². The van der Waals surface area contributed by atoms with E-state index >= 15 is 0 Å². The van der Waals surface area contributed by atoms with E-state index in [2.05, 4.69) is 25.5 Å². The van der Waals surface area contributed by atoms with Crippen molar-refractivity contribution in [3.05, 3.63) is 29.3 Å². The van der Waals surface area contributed by atoms with Gasteiger partial charge in [-0.05, 0) is 23.1 Å². The van der Waals surface area contributed by atoms with Gasteiger partial charge in [0.25, 0.3) is 0 Å². The summed E-state index contributed by atoms with van der Waals surface area (Å²) in [5, 5.41) is 0. The van der Waals surface area contributed by atoms with Crippen molar-refractivity contribution in [2.75, 3.05) is 12.8 Å². The van der Waals surface area contributed by atoms with Crippen LogP contribution in [0.4, 0.5) is 5.69 Å². The van der Waals surface area contributed by atoms with Gasteiger partial charge in [-0.2, -0.15) is 0 Å². The number of ether oxygens (including phenoxy) is 1. The highest BCUT2D eigenvalue weighted by Crippen LogP contribution is 2.25. The lowest BCUT2D eigenvalue weighted by Gasteiger charge is -2.19. The first-order chi connectivity index (χ1) is 6.86. The van der Waals surface area contributed by atoms with Crippen molar-refractivity contribution < 1.29 is 9.53 Å². The molecule has 0 amide bonds. The van der Waals surface area contributed by atoms with Gasteiger partial charge < -0.3 is 10.5 Å². The van der Waals surface area contributed by atoms with Crippen molar-refractivity contribution in [2.45, 2.75) is 26.2 Å². The number of nitrogens with two attached hydrogens (primary N) is 1. The van der Waals surface area contributed by atoms with Crippen LogP contribution in [0.3, 0.4) is 0 Å². The quantitative estimate of drug-likeness (QED) is 0.568. The van der Waals surface area contributed by atoms with Crippen LogP contribution in [0.25, 0.3) is 0 Å². The average molecular weight is 207 g/mol. The first-order valence-corrected chi connectivity index (χ1v) is 4.84. The molecule has 15 heavy (non-hydrogen) atoms. The van der Waals surface area contributed by atoms with Crippen LogP contribution >= 0.6 is 0 Å². The number of benzene rings is 1. The molecule has 0 spiro atoms. The Labute approximate surface area is 90.2 Å². The van der Waals surface area contributed by atoms with Gasteiger partial charge in [0.2, 0.25) is 0 Å². The molecular weight excluding hydrogens is 190 g/mol. The van der Waals surface area contributed by atoms with Crippen molar-refractivity contribution in [1.29, 1.82) is 0 Å². The number of hydrogen-bond acceptors (Lipinski definition) is 3. The van der Waals surface area contributed by atoms with Gasteiger partial charge in [-0.25, -0.2) is 4.79 Å². The molecule has 3 nitrogen and oxygen atoms in total. The van der Waals surface area contributed by atoms with Crippen LogP contribution in [0.1, 0.15) is 36.7 Å². The lowest BCUT2D eigenvalue weighted by atomic mass is 9.86. The minimum Gasteiger partial charge on any atom is -0.465 e. The van der Waals surface area contributed by atoms with Crippen molar-refractivity contribution >= 4 is 11.7 Å². The fraction of sp³-hybridized carbons (Fsp3) is 0.417. The lowest BCUT2D eigenvalue weighted by Crippen LogP contribution is -2.13. The summed E-state index contributed by atoms with van der Waals surface area (Å²) in [7, 11) is 1.35. The molecule has 0 aromatic heterocycles. The van der Waals surface area contributed by atoms with Crippen LogP contribution in [0.2, 0.25) is 0 Å². The average Bonchev–Trinajstić information content (AvgIpc) is 2.15. The summed E-state index contributed by atoms with van der Waals surface area (Å²) in [5.74, 6) is -0.395. The Hall–Kier alpha value is -1.51. The third kappa shape index (κ3) is 2.49. The number of carbonyl (C=O) groups is 1. The van der Waals surface area contributed by atoms with Crippen LogP contribution in [0.15, 0.2) is 18.2 Å². The minimum absolute atomic E-state index is 0.0305. The van der Waals surface area contributed by atoms with Crippen molar-refractivity contribution in [1.82, 2.24) is 0 Å². The number of anilines is 1. The molecule has 3 heteroatoms. The molecule has 1 aromatic rings. The number of methoxy groups -OCH3 is 1. The summed E-state index contributed by atoms with van der Waals surface area (Å²) in [6.07, 6.45) is 0. The zero-order valence-electron chi connectivity index (χ0n) is 9.63. The topological polar surface area (TPSA) is 52.3 Å². The van der Waals surface area contributed by atoms with E-state index in [4.69, 9.17) is 5.73 Å². The first-order valence-electron chi connectivity index (χ1n) is 4.84. The molecular formula is C12H17NO2. The predicted octanol–water partition coefficient (Wildman–Crippen LogP) is 2.35. The Morgan fingerprint density at radius 1 is 1.33 bits per heavy atom. The largest absolute Gasteiger partial charge is 0.465 e. The zero-order valence-corrected chi connectivity index (χ0v) is 9.63.